The zero-order chi connectivity index (χ0) is 9.97. The highest BCUT2D eigenvalue weighted by atomic mass is 35.5. The molecule has 0 fully saturated rings. The van der Waals surface area contributed by atoms with Gasteiger partial charge in [-0.05, 0) is 23.8 Å². The van der Waals surface area contributed by atoms with Gasteiger partial charge in [-0.3, -0.25) is 0 Å². The van der Waals surface area contributed by atoms with Crippen molar-refractivity contribution in [3.63, 3.8) is 0 Å². The molecule has 0 spiro atoms. The van der Waals surface area contributed by atoms with Crippen molar-refractivity contribution in [3.05, 3.63) is 41.6 Å². The minimum absolute atomic E-state index is 0.412. The Morgan fingerprint density at radius 1 is 1.21 bits per heavy atom. The summed E-state index contributed by atoms with van der Waals surface area (Å²) in [6.45, 7) is 0. The van der Waals surface area contributed by atoms with Crippen molar-refractivity contribution in [2.24, 2.45) is 0 Å². The lowest BCUT2D eigenvalue weighted by molar-refractivity contribution is 1.04. The summed E-state index contributed by atoms with van der Waals surface area (Å²) < 4.78 is 0. The van der Waals surface area contributed by atoms with Crippen LogP contribution in [0.3, 0.4) is 0 Å². The van der Waals surface area contributed by atoms with Gasteiger partial charge in [0.25, 0.3) is 0 Å². The van der Waals surface area contributed by atoms with E-state index >= 15 is 0 Å². The lowest BCUT2D eigenvalue weighted by Gasteiger charge is -2.03. The molecule has 0 unspecified atom stereocenters. The van der Waals surface area contributed by atoms with E-state index in [1.807, 2.05) is 30.3 Å². The Hall–Kier alpha value is -1.61. The van der Waals surface area contributed by atoms with E-state index < -0.39 is 0 Å². The van der Waals surface area contributed by atoms with Crippen molar-refractivity contribution in [2.75, 3.05) is 5.73 Å². The summed E-state index contributed by atoms with van der Waals surface area (Å²) in [5, 5.41) is 8.13. The van der Waals surface area contributed by atoms with Gasteiger partial charge in [0, 0.05) is 10.6 Å². The molecule has 0 aliphatic rings. The summed E-state index contributed by atoms with van der Waals surface area (Å²) in [6.07, 6.45) is 1.60. The van der Waals surface area contributed by atoms with Gasteiger partial charge in [0.15, 0.2) is 5.82 Å². The Kier molecular flexibility index (Phi) is 2.33. The third-order valence-electron chi connectivity index (χ3n) is 1.88. The van der Waals surface area contributed by atoms with Gasteiger partial charge in [-0.15, -0.1) is 5.10 Å². The van der Waals surface area contributed by atoms with Gasteiger partial charge >= 0.3 is 0 Å². The van der Waals surface area contributed by atoms with E-state index in [1.54, 1.807) is 6.20 Å². The Balaban J connectivity index is 2.55. The molecule has 0 radical (unpaired) electrons. The van der Waals surface area contributed by atoms with Crippen LogP contribution in [0.15, 0.2) is 36.5 Å². The Morgan fingerprint density at radius 2 is 2.07 bits per heavy atom. The number of nitrogen functional groups attached to an aromatic ring is 1. The van der Waals surface area contributed by atoms with Crippen molar-refractivity contribution in [1.82, 2.24) is 10.2 Å². The number of hydrogen-bond donors (Lipinski definition) is 1. The average molecular weight is 206 g/mol. The van der Waals surface area contributed by atoms with E-state index in [4.69, 9.17) is 17.3 Å². The third kappa shape index (κ3) is 1.67. The molecule has 4 heteroatoms. The number of halogens is 1. The molecule has 2 N–H and O–H groups in total. The highest BCUT2D eigenvalue weighted by Crippen LogP contribution is 2.25. The second kappa shape index (κ2) is 3.64. The number of aromatic nitrogens is 2. The van der Waals surface area contributed by atoms with Gasteiger partial charge in [-0.1, -0.05) is 23.7 Å². The maximum Gasteiger partial charge on any atom is 0.153 e. The standard InChI is InChI=1S/C10H8ClN3/c11-8-3-1-2-7(6-8)9-4-5-13-14-10(9)12/h1-6H,(H2,12,14). The fraction of sp³-hybridized carbons (Fsp3) is 0. The van der Waals surface area contributed by atoms with Crippen molar-refractivity contribution in [3.8, 4) is 11.1 Å². The molecule has 2 aromatic rings. The van der Waals surface area contributed by atoms with Crippen molar-refractivity contribution in [1.29, 1.82) is 0 Å². The molecule has 1 aromatic carbocycles. The van der Waals surface area contributed by atoms with Crippen LogP contribution >= 0.6 is 11.6 Å². The Bertz CT molecular complexity index is 457. The van der Waals surface area contributed by atoms with E-state index in [2.05, 4.69) is 10.2 Å². The maximum atomic E-state index is 5.87. The topological polar surface area (TPSA) is 51.8 Å². The van der Waals surface area contributed by atoms with Crippen molar-refractivity contribution < 1.29 is 0 Å². The van der Waals surface area contributed by atoms with Gasteiger partial charge in [-0.25, -0.2) is 0 Å². The predicted octanol–water partition coefficient (Wildman–Crippen LogP) is 2.38. The molecule has 0 aliphatic heterocycles. The van der Waals surface area contributed by atoms with Crippen LogP contribution in [0.5, 0.6) is 0 Å². The van der Waals surface area contributed by atoms with Gasteiger partial charge < -0.3 is 5.73 Å². The zero-order valence-corrected chi connectivity index (χ0v) is 8.07. The molecule has 1 aromatic heterocycles. The normalized spacial score (nSPS) is 10.1. The second-order valence-corrected chi connectivity index (χ2v) is 3.28. The largest absolute Gasteiger partial charge is 0.382 e. The van der Waals surface area contributed by atoms with E-state index in [-0.39, 0.29) is 0 Å². The number of nitrogens with zero attached hydrogens (tertiary/aromatic N) is 2. The van der Waals surface area contributed by atoms with Crippen LogP contribution in [0.1, 0.15) is 0 Å². The smallest absolute Gasteiger partial charge is 0.153 e. The first kappa shape index (κ1) is 8.97. The van der Waals surface area contributed by atoms with Gasteiger partial charge in [0.2, 0.25) is 0 Å². The van der Waals surface area contributed by atoms with Crippen LogP contribution in [-0.4, -0.2) is 10.2 Å². The molecular formula is C10H8ClN3. The number of hydrogen-bond acceptors (Lipinski definition) is 3. The zero-order valence-electron chi connectivity index (χ0n) is 7.31. The quantitative estimate of drug-likeness (QED) is 0.778. The first-order valence-electron chi connectivity index (χ1n) is 4.10. The van der Waals surface area contributed by atoms with Crippen LogP contribution in [0.25, 0.3) is 11.1 Å². The first-order chi connectivity index (χ1) is 6.77. The van der Waals surface area contributed by atoms with Gasteiger partial charge in [0.1, 0.15) is 0 Å². The summed E-state index contributed by atoms with van der Waals surface area (Å²) in [7, 11) is 0. The van der Waals surface area contributed by atoms with Crippen LogP contribution in [0, 0.1) is 0 Å². The Morgan fingerprint density at radius 3 is 2.79 bits per heavy atom. The molecule has 0 aliphatic carbocycles. The van der Waals surface area contributed by atoms with Crippen molar-refractivity contribution >= 4 is 17.4 Å². The monoisotopic (exact) mass is 205 g/mol. The summed E-state index contributed by atoms with van der Waals surface area (Å²) in [5.41, 5.74) is 7.48. The molecule has 3 nitrogen and oxygen atoms in total. The van der Waals surface area contributed by atoms with Gasteiger partial charge in [0.05, 0.1) is 6.20 Å². The predicted molar refractivity (Wildman–Crippen MR) is 56.9 cm³/mol. The second-order valence-electron chi connectivity index (χ2n) is 2.84. The first-order valence-corrected chi connectivity index (χ1v) is 4.48. The summed E-state index contributed by atoms with van der Waals surface area (Å²) in [4.78, 5) is 0. The van der Waals surface area contributed by atoms with Crippen LogP contribution < -0.4 is 5.73 Å². The van der Waals surface area contributed by atoms with E-state index in [1.165, 1.54) is 0 Å². The fourth-order valence-corrected chi connectivity index (χ4v) is 1.43. The van der Waals surface area contributed by atoms with E-state index in [0.29, 0.717) is 10.8 Å². The molecular weight excluding hydrogens is 198 g/mol. The third-order valence-corrected chi connectivity index (χ3v) is 2.12. The molecule has 2 rings (SSSR count). The lowest BCUT2D eigenvalue weighted by atomic mass is 10.1. The average Bonchev–Trinajstić information content (AvgIpc) is 2.18. The van der Waals surface area contributed by atoms with E-state index in [9.17, 15) is 0 Å². The van der Waals surface area contributed by atoms with Crippen LogP contribution in [-0.2, 0) is 0 Å². The van der Waals surface area contributed by atoms with Gasteiger partial charge in [-0.2, -0.15) is 5.10 Å². The number of rotatable bonds is 1. The number of anilines is 1. The SMILES string of the molecule is Nc1nnccc1-c1cccc(Cl)c1. The lowest BCUT2D eigenvalue weighted by Crippen LogP contribution is -1.95. The summed E-state index contributed by atoms with van der Waals surface area (Å²) in [6, 6.07) is 9.27. The fourth-order valence-electron chi connectivity index (χ4n) is 1.24. The molecule has 14 heavy (non-hydrogen) atoms. The minimum atomic E-state index is 0.412. The molecule has 0 bridgehead atoms. The molecule has 0 saturated heterocycles. The van der Waals surface area contributed by atoms with Crippen molar-refractivity contribution in [2.45, 2.75) is 0 Å². The highest BCUT2D eigenvalue weighted by Gasteiger charge is 2.02. The molecule has 0 atom stereocenters. The molecule has 1 heterocycles. The van der Waals surface area contributed by atoms with E-state index in [0.717, 1.165) is 11.1 Å². The summed E-state index contributed by atoms with van der Waals surface area (Å²) >= 11 is 5.87. The number of nitrogens with two attached hydrogens (primary N) is 1. The molecule has 0 amide bonds. The Labute approximate surface area is 86.5 Å². The number of benzene rings is 1. The van der Waals surface area contributed by atoms with Crippen LogP contribution in [0.4, 0.5) is 5.82 Å². The highest BCUT2D eigenvalue weighted by molar-refractivity contribution is 6.30. The molecule has 70 valence electrons. The van der Waals surface area contributed by atoms with Crippen LogP contribution in [0.2, 0.25) is 5.02 Å². The minimum Gasteiger partial charge on any atom is -0.382 e. The molecule has 0 saturated carbocycles. The maximum absolute atomic E-state index is 5.87. The summed E-state index contributed by atoms with van der Waals surface area (Å²) in [5.74, 6) is 0.412.